The molecular weight excluding hydrogens is 259 g/mol. The third kappa shape index (κ3) is 3.70. The fourth-order valence-corrected chi connectivity index (χ4v) is 2.66. The minimum absolute atomic E-state index is 0.343. The van der Waals surface area contributed by atoms with Crippen LogP contribution < -0.4 is 0 Å². The fraction of sp³-hybridized carbons (Fsp3) is 0.750. The average Bonchev–Trinajstić information content (AvgIpc) is 2.85. The Morgan fingerprint density at radius 3 is 2.89 bits per heavy atom. The summed E-state index contributed by atoms with van der Waals surface area (Å²) in [6, 6.07) is 1.70. The standard InChI is InChI=1S/C12H18F3N3O/c1-9(6-12(13,14)15)7-18-5-3-11(19,8-18)10-2-4-16-17-10/h2,4,9,19H,3,5-8H2,1H3,(H,16,17). The summed E-state index contributed by atoms with van der Waals surface area (Å²) in [7, 11) is 0. The predicted molar refractivity (Wildman–Crippen MR) is 63.4 cm³/mol. The van der Waals surface area contributed by atoms with E-state index in [2.05, 4.69) is 10.2 Å². The average molecular weight is 277 g/mol. The van der Waals surface area contributed by atoms with Crippen LogP contribution in [0.3, 0.4) is 0 Å². The first-order chi connectivity index (χ1) is 8.78. The number of hydrogen-bond acceptors (Lipinski definition) is 3. The van der Waals surface area contributed by atoms with Gasteiger partial charge in [-0.25, -0.2) is 0 Å². The van der Waals surface area contributed by atoms with Crippen molar-refractivity contribution in [3.8, 4) is 0 Å². The number of aliphatic hydroxyl groups is 1. The molecule has 4 nitrogen and oxygen atoms in total. The zero-order chi connectivity index (χ0) is 14.1. The fourth-order valence-electron chi connectivity index (χ4n) is 2.66. The van der Waals surface area contributed by atoms with Gasteiger partial charge in [-0.15, -0.1) is 0 Å². The Hall–Kier alpha value is -1.08. The van der Waals surface area contributed by atoms with Gasteiger partial charge in [0.25, 0.3) is 0 Å². The van der Waals surface area contributed by atoms with Gasteiger partial charge in [-0.05, 0) is 18.4 Å². The minimum atomic E-state index is -4.13. The van der Waals surface area contributed by atoms with Crippen molar-refractivity contribution in [1.82, 2.24) is 15.1 Å². The van der Waals surface area contributed by atoms with Crippen molar-refractivity contribution >= 4 is 0 Å². The maximum absolute atomic E-state index is 12.3. The second-order valence-corrected chi connectivity index (χ2v) is 5.41. The highest BCUT2D eigenvalue weighted by Crippen LogP contribution is 2.32. The van der Waals surface area contributed by atoms with Gasteiger partial charge in [-0.1, -0.05) is 6.92 Å². The van der Waals surface area contributed by atoms with Gasteiger partial charge < -0.3 is 5.11 Å². The molecular formula is C12H18F3N3O. The molecule has 1 aromatic rings. The van der Waals surface area contributed by atoms with Crippen LogP contribution in [0, 0.1) is 5.92 Å². The zero-order valence-electron chi connectivity index (χ0n) is 10.7. The van der Waals surface area contributed by atoms with E-state index in [1.807, 2.05) is 4.90 Å². The van der Waals surface area contributed by atoms with Gasteiger partial charge >= 0.3 is 6.18 Å². The highest BCUT2D eigenvalue weighted by molar-refractivity contribution is 5.13. The molecule has 2 N–H and O–H groups in total. The summed E-state index contributed by atoms with van der Waals surface area (Å²) in [5.41, 5.74) is -0.396. The van der Waals surface area contributed by atoms with Crippen molar-refractivity contribution in [3.63, 3.8) is 0 Å². The molecule has 0 radical (unpaired) electrons. The quantitative estimate of drug-likeness (QED) is 0.883. The summed E-state index contributed by atoms with van der Waals surface area (Å²) in [5.74, 6) is -0.468. The Morgan fingerprint density at radius 1 is 1.58 bits per heavy atom. The number of nitrogens with zero attached hydrogens (tertiary/aromatic N) is 2. The number of likely N-dealkylation sites (tertiary alicyclic amines) is 1. The van der Waals surface area contributed by atoms with Crippen molar-refractivity contribution in [2.24, 2.45) is 5.92 Å². The molecule has 1 saturated heterocycles. The first-order valence-corrected chi connectivity index (χ1v) is 6.30. The molecule has 0 aromatic carbocycles. The van der Waals surface area contributed by atoms with Crippen LogP contribution in [-0.4, -0.2) is 46.0 Å². The molecule has 7 heteroatoms. The molecule has 2 atom stereocenters. The summed E-state index contributed by atoms with van der Waals surface area (Å²) in [4.78, 5) is 1.87. The Bertz CT molecular complexity index is 407. The Morgan fingerprint density at radius 2 is 2.32 bits per heavy atom. The molecule has 1 fully saturated rings. The Kier molecular flexibility index (Phi) is 3.87. The van der Waals surface area contributed by atoms with Gasteiger partial charge in [0, 0.05) is 32.3 Å². The van der Waals surface area contributed by atoms with Crippen LogP contribution in [-0.2, 0) is 5.60 Å². The van der Waals surface area contributed by atoms with Crippen LogP contribution in [0.4, 0.5) is 13.2 Å². The van der Waals surface area contributed by atoms with E-state index < -0.39 is 24.1 Å². The molecule has 1 aromatic heterocycles. The lowest BCUT2D eigenvalue weighted by Gasteiger charge is -2.24. The van der Waals surface area contributed by atoms with E-state index in [0.717, 1.165) is 0 Å². The number of nitrogens with one attached hydrogen (secondary N) is 1. The van der Waals surface area contributed by atoms with Crippen LogP contribution in [0.2, 0.25) is 0 Å². The van der Waals surface area contributed by atoms with Crippen molar-refractivity contribution in [2.45, 2.75) is 31.5 Å². The molecule has 0 saturated carbocycles. The van der Waals surface area contributed by atoms with E-state index in [4.69, 9.17) is 0 Å². The van der Waals surface area contributed by atoms with Gasteiger partial charge in [0.05, 0.1) is 5.69 Å². The van der Waals surface area contributed by atoms with Crippen LogP contribution in [0.5, 0.6) is 0 Å². The lowest BCUT2D eigenvalue weighted by atomic mass is 9.99. The molecule has 1 aliphatic rings. The molecule has 2 unspecified atom stereocenters. The Labute approximate surface area is 109 Å². The SMILES string of the molecule is CC(CN1CCC(O)(c2ccn[nH]2)C1)CC(F)(F)F. The third-order valence-electron chi connectivity index (χ3n) is 3.48. The van der Waals surface area contributed by atoms with Gasteiger partial charge in [-0.2, -0.15) is 18.3 Å². The van der Waals surface area contributed by atoms with E-state index >= 15 is 0 Å². The number of H-pyrrole nitrogens is 1. The van der Waals surface area contributed by atoms with Crippen molar-refractivity contribution in [3.05, 3.63) is 18.0 Å². The monoisotopic (exact) mass is 277 g/mol. The number of hydrogen-bond donors (Lipinski definition) is 2. The number of aromatic nitrogens is 2. The number of rotatable bonds is 4. The van der Waals surface area contributed by atoms with Gasteiger partial charge in [0.15, 0.2) is 0 Å². The molecule has 19 heavy (non-hydrogen) atoms. The first-order valence-electron chi connectivity index (χ1n) is 6.30. The second kappa shape index (κ2) is 5.13. The molecule has 0 bridgehead atoms. The van der Waals surface area contributed by atoms with Crippen LogP contribution in [0.25, 0.3) is 0 Å². The number of aromatic amines is 1. The highest BCUT2D eigenvalue weighted by Gasteiger charge is 2.40. The van der Waals surface area contributed by atoms with Crippen LogP contribution >= 0.6 is 0 Å². The third-order valence-corrected chi connectivity index (χ3v) is 3.48. The summed E-state index contributed by atoms with van der Waals surface area (Å²) in [6.45, 7) is 2.87. The molecule has 2 heterocycles. The van der Waals surface area contributed by atoms with E-state index in [1.165, 1.54) is 0 Å². The largest absolute Gasteiger partial charge is 0.389 e. The lowest BCUT2D eigenvalue weighted by molar-refractivity contribution is -0.144. The van der Waals surface area contributed by atoms with Crippen molar-refractivity contribution in [2.75, 3.05) is 19.6 Å². The molecule has 0 aliphatic carbocycles. The maximum Gasteiger partial charge on any atom is 0.389 e. The minimum Gasteiger partial charge on any atom is -0.382 e. The van der Waals surface area contributed by atoms with E-state index in [1.54, 1.807) is 19.2 Å². The van der Waals surface area contributed by atoms with Gasteiger partial charge in [-0.3, -0.25) is 10.00 Å². The molecule has 0 spiro atoms. The zero-order valence-corrected chi connectivity index (χ0v) is 10.7. The molecule has 0 amide bonds. The Balaban J connectivity index is 1.89. The summed E-state index contributed by atoms with van der Waals surface area (Å²) < 4.78 is 36.8. The molecule has 2 rings (SSSR count). The first kappa shape index (κ1) is 14.3. The number of halogens is 3. The van der Waals surface area contributed by atoms with Crippen LogP contribution in [0.15, 0.2) is 12.3 Å². The smallest absolute Gasteiger partial charge is 0.382 e. The highest BCUT2D eigenvalue weighted by atomic mass is 19.4. The van der Waals surface area contributed by atoms with Crippen molar-refractivity contribution < 1.29 is 18.3 Å². The van der Waals surface area contributed by atoms with E-state index in [0.29, 0.717) is 31.7 Å². The van der Waals surface area contributed by atoms with Gasteiger partial charge in [0.2, 0.25) is 0 Å². The van der Waals surface area contributed by atoms with Gasteiger partial charge in [0.1, 0.15) is 5.60 Å². The number of β-amino-alcohol motifs (C(OH)–C–C–N with tert-alkyl or cyclic N) is 1. The summed E-state index contributed by atoms with van der Waals surface area (Å²) >= 11 is 0. The summed E-state index contributed by atoms with van der Waals surface area (Å²) in [5, 5.41) is 17.0. The van der Waals surface area contributed by atoms with Crippen molar-refractivity contribution in [1.29, 1.82) is 0 Å². The molecule has 108 valence electrons. The van der Waals surface area contributed by atoms with E-state index in [9.17, 15) is 18.3 Å². The lowest BCUT2D eigenvalue weighted by Crippen LogP contribution is -2.34. The molecule has 1 aliphatic heterocycles. The normalized spacial score (nSPS) is 26.8. The van der Waals surface area contributed by atoms with Crippen LogP contribution in [0.1, 0.15) is 25.5 Å². The predicted octanol–water partition coefficient (Wildman–Crippen LogP) is 1.89. The summed E-state index contributed by atoms with van der Waals surface area (Å²) in [6.07, 6.45) is -2.85. The van der Waals surface area contributed by atoms with E-state index in [-0.39, 0.29) is 0 Å². The topological polar surface area (TPSA) is 52.1 Å². The maximum atomic E-state index is 12.3. The number of alkyl halides is 3. The second-order valence-electron chi connectivity index (χ2n) is 5.41.